The molecule has 0 saturated heterocycles. The zero-order valence-corrected chi connectivity index (χ0v) is 9.39. The van der Waals surface area contributed by atoms with E-state index in [9.17, 15) is 4.39 Å². The maximum Gasteiger partial charge on any atom is 0.166 e. The van der Waals surface area contributed by atoms with E-state index in [-0.39, 0.29) is 5.82 Å². The molecule has 0 spiro atoms. The zero-order chi connectivity index (χ0) is 10.8. The van der Waals surface area contributed by atoms with Crippen LogP contribution in [0, 0.1) is 11.7 Å². The predicted octanol–water partition coefficient (Wildman–Crippen LogP) is 3.47. The Labute approximate surface area is 93.9 Å². The molecule has 1 saturated carbocycles. The van der Waals surface area contributed by atoms with Crippen molar-refractivity contribution in [1.82, 2.24) is 4.98 Å². The van der Waals surface area contributed by atoms with Gasteiger partial charge in [0.25, 0.3) is 0 Å². The molecule has 15 heavy (non-hydrogen) atoms. The molecule has 1 fully saturated rings. The lowest BCUT2D eigenvalue weighted by Gasteiger charge is -2.05. The van der Waals surface area contributed by atoms with E-state index in [0.29, 0.717) is 22.8 Å². The van der Waals surface area contributed by atoms with Crippen molar-refractivity contribution in [1.29, 1.82) is 0 Å². The van der Waals surface area contributed by atoms with Crippen molar-refractivity contribution in [2.45, 2.75) is 32.2 Å². The molecule has 1 aromatic heterocycles. The average molecular weight is 229 g/mol. The summed E-state index contributed by atoms with van der Waals surface area (Å²) in [5, 5.41) is 3.43. The van der Waals surface area contributed by atoms with Gasteiger partial charge in [-0.25, -0.2) is 9.37 Å². The minimum absolute atomic E-state index is 0.322. The molecule has 0 aliphatic heterocycles. The summed E-state index contributed by atoms with van der Waals surface area (Å²) in [6.07, 6.45) is 4.97. The van der Waals surface area contributed by atoms with Crippen LogP contribution < -0.4 is 5.32 Å². The Kier molecular flexibility index (Phi) is 3.10. The maximum atomic E-state index is 13.3. The van der Waals surface area contributed by atoms with Crippen LogP contribution in [-0.2, 0) is 0 Å². The molecule has 0 bridgehead atoms. The Morgan fingerprint density at radius 2 is 2.47 bits per heavy atom. The van der Waals surface area contributed by atoms with Crippen LogP contribution in [0.5, 0.6) is 0 Å². The lowest BCUT2D eigenvalue weighted by molar-refractivity contribution is 0.622. The van der Waals surface area contributed by atoms with E-state index < -0.39 is 0 Å². The van der Waals surface area contributed by atoms with Gasteiger partial charge >= 0.3 is 0 Å². The minimum Gasteiger partial charge on any atom is -0.365 e. The third kappa shape index (κ3) is 2.59. The predicted molar refractivity (Wildman–Crippen MR) is 59.6 cm³/mol. The lowest BCUT2D eigenvalue weighted by Crippen LogP contribution is -2.07. The summed E-state index contributed by atoms with van der Waals surface area (Å²) in [5.41, 5.74) is 0. The molecular formula is C11H14ClFN2. The molecule has 0 radical (unpaired) electrons. The van der Waals surface area contributed by atoms with Gasteiger partial charge in [-0.1, -0.05) is 24.9 Å². The second-order valence-corrected chi connectivity index (χ2v) is 4.46. The fraction of sp³-hybridized carbons (Fsp3) is 0.545. The third-order valence-corrected chi connectivity index (χ3v) is 2.92. The van der Waals surface area contributed by atoms with Crippen LogP contribution >= 0.6 is 11.6 Å². The molecule has 1 aliphatic carbocycles. The molecule has 0 amide bonds. The van der Waals surface area contributed by atoms with Crippen LogP contribution in [0.25, 0.3) is 0 Å². The summed E-state index contributed by atoms with van der Waals surface area (Å²) in [7, 11) is 0. The number of hydrogen-bond acceptors (Lipinski definition) is 2. The first-order valence-corrected chi connectivity index (χ1v) is 5.66. The summed E-state index contributed by atoms with van der Waals surface area (Å²) in [6, 6.07) is 1.68. The largest absolute Gasteiger partial charge is 0.365 e. The molecule has 1 N–H and O–H groups in total. The molecule has 0 aromatic carbocycles. The van der Waals surface area contributed by atoms with Gasteiger partial charge in [-0.2, -0.15) is 0 Å². The van der Waals surface area contributed by atoms with Gasteiger partial charge in [-0.3, -0.25) is 0 Å². The van der Waals surface area contributed by atoms with Crippen molar-refractivity contribution in [3.05, 3.63) is 23.1 Å². The number of nitrogens with one attached hydrogen (secondary N) is 1. The van der Waals surface area contributed by atoms with Crippen molar-refractivity contribution >= 4 is 17.4 Å². The van der Waals surface area contributed by atoms with Crippen LogP contribution in [0.4, 0.5) is 10.2 Å². The first-order valence-electron chi connectivity index (χ1n) is 5.28. The van der Waals surface area contributed by atoms with Gasteiger partial charge in [-0.15, -0.1) is 0 Å². The van der Waals surface area contributed by atoms with E-state index in [0.717, 1.165) is 6.42 Å². The topological polar surface area (TPSA) is 24.9 Å². The van der Waals surface area contributed by atoms with E-state index in [2.05, 4.69) is 17.2 Å². The Bertz CT molecular complexity index is 356. The summed E-state index contributed by atoms with van der Waals surface area (Å²) < 4.78 is 13.3. The van der Waals surface area contributed by atoms with Gasteiger partial charge in [0.05, 0.1) is 5.02 Å². The van der Waals surface area contributed by atoms with Crippen LogP contribution in [0.1, 0.15) is 26.2 Å². The zero-order valence-electron chi connectivity index (χ0n) is 8.63. The van der Waals surface area contributed by atoms with Crippen molar-refractivity contribution in [2.75, 3.05) is 5.32 Å². The highest BCUT2D eigenvalue weighted by Crippen LogP contribution is 2.37. The van der Waals surface area contributed by atoms with E-state index in [1.54, 1.807) is 0 Å². The van der Waals surface area contributed by atoms with Crippen LogP contribution in [0.2, 0.25) is 5.02 Å². The van der Waals surface area contributed by atoms with Crippen LogP contribution in [0.3, 0.4) is 0 Å². The van der Waals surface area contributed by atoms with Gasteiger partial charge in [0.2, 0.25) is 0 Å². The number of pyridine rings is 1. The molecule has 2 rings (SSSR count). The van der Waals surface area contributed by atoms with Gasteiger partial charge in [0.1, 0.15) is 0 Å². The molecule has 1 heterocycles. The maximum absolute atomic E-state index is 13.3. The molecule has 2 atom stereocenters. The number of nitrogens with zero attached hydrogens (tertiary/aromatic N) is 1. The standard InChI is InChI=1S/C11H14ClFN2/c1-2-3-7-4-10(7)15-11-9(13)5-8(12)6-14-11/h5-7,10H,2-4H2,1H3,(H,14,15). The lowest BCUT2D eigenvalue weighted by atomic mass is 10.2. The van der Waals surface area contributed by atoms with Gasteiger partial charge < -0.3 is 5.32 Å². The second kappa shape index (κ2) is 4.35. The van der Waals surface area contributed by atoms with Crippen LogP contribution in [0.15, 0.2) is 12.3 Å². The quantitative estimate of drug-likeness (QED) is 0.854. The first-order chi connectivity index (χ1) is 7.20. The number of halogens is 2. The number of anilines is 1. The van der Waals surface area contributed by atoms with E-state index >= 15 is 0 Å². The summed E-state index contributed by atoms with van der Waals surface area (Å²) >= 11 is 5.62. The van der Waals surface area contributed by atoms with Crippen molar-refractivity contribution in [2.24, 2.45) is 5.92 Å². The summed E-state index contributed by atoms with van der Waals surface area (Å²) in [5.74, 6) is 0.638. The fourth-order valence-electron chi connectivity index (χ4n) is 1.81. The van der Waals surface area contributed by atoms with Gasteiger partial charge in [0, 0.05) is 12.2 Å². The Morgan fingerprint density at radius 1 is 1.67 bits per heavy atom. The molecule has 1 aromatic rings. The minimum atomic E-state index is -0.371. The molecular weight excluding hydrogens is 215 g/mol. The van der Waals surface area contributed by atoms with Crippen molar-refractivity contribution in [3.8, 4) is 0 Å². The van der Waals surface area contributed by atoms with Crippen molar-refractivity contribution < 1.29 is 4.39 Å². The highest BCUT2D eigenvalue weighted by molar-refractivity contribution is 6.30. The Hall–Kier alpha value is -0.830. The Morgan fingerprint density at radius 3 is 3.13 bits per heavy atom. The molecule has 2 unspecified atom stereocenters. The molecule has 4 heteroatoms. The van der Waals surface area contributed by atoms with E-state index in [1.807, 2.05) is 0 Å². The number of aromatic nitrogens is 1. The highest BCUT2D eigenvalue weighted by Gasteiger charge is 2.36. The smallest absolute Gasteiger partial charge is 0.166 e. The van der Waals surface area contributed by atoms with Gasteiger partial charge in [0.15, 0.2) is 11.6 Å². The van der Waals surface area contributed by atoms with Crippen LogP contribution in [-0.4, -0.2) is 11.0 Å². The van der Waals surface area contributed by atoms with Crippen molar-refractivity contribution in [3.63, 3.8) is 0 Å². The average Bonchev–Trinajstić information content (AvgIpc) is 2.90. The molecule has 82 valence electrons. The monoisotopic (exact) mass is 228 g/mol. The highest BCUT2D eigenvalue weighted by atomic mass is 35.5. The third-order valence-electron chi connectivity index (χ3n) is 2.71. The normalized spacial score (nSPS) is 23.9. The second-order valence-electron chi connectivity index (χ2n) is 4.02. The fourth-order valence-corrected chi connectivity index (χ4v) is 1.96. The van der Waals surface area contributed by atoms with E-state index in [4.69, 9.17) is 11.6 Å². The first kappa shape index (κ1) is 10.7. The number of hydrogen-bond donors (Lipinski definition) is 1. The van der Waals surface area contributed by atoms with E-state index in [1.165, 1.54) is 25.1 Å². The summed E-state index contributed by atoms with van der Waals surface area (Å²) in [4.78, 5) is 3.93. The Balaban J connectivity index is 1.95. The molecule has 2 nitrogen and oxygen atoms in total. The SMILES string of the molecule is CCCC1CC1Nc1ncc(Cl)cc1F. The number of rotatable bonds is 4. The van der Waals surface area contributed by atoms with Gasteiger partial charge in [-0.05, 0) is 24.8 Å². The molecule has 1 aliphatic rings. The summed E-state index contributed by atoms with van der Waals surface area (Å²) in [6.45, 7) is 2.16.